The van der Waals surface area contributed by atoms with Gasteiger partial charge in [-0.15, -0.1) is 0 Å². The molecular weight excluding hydrogens is 249 g/mol. The van der Waals surface area contributed by atoms with Gasteiger partial charge in [0, 0.05) is 13.1 Å². The van der Waals surface area contributed by atoms with Gasteiger partial charge in [0.1, 0.15) is 5.82 Å². The van der Waals surface area contributed by atoms with E-state index in [0.29, 0.717) is 5.92 Å². The van der Waals surface area contributed by atoms with Crippen molar-refractivity contribution in [2.24, 2.45) is 5.92 Å². The second kappa shape index (κ2) is 7.20. The minimum absolute atomic E-state index is 0.186. The standard InChI is InChI=1S/C18H22FN/c1-14(2)11-15-3-5-16(6-4-15)12-20-13-17-7-9-18(19)10-8-17/h3-10,14,20H,11-13H2,1-2H3. The highest BCUT2D eigenvalue weighted by molar-refractivity contribution is 5.23. The fraction of sp³-hybridized carbons (Fsp3) is 0.333. The zero-order chi connectivity index (χ0) is 14.4. The molecule has 0 atom stereocenters. The zero-order valence-electron chi connectivity index (χ0n) is 12.2. The van der Waals surface area contributed by atoms with Crippen LogP contribution in [0.5, 0.6) is 0 Å². The Morgan fingerprint density at radius 2 is 1.25 bits per heavy atom. The average Bonchev–Trinajstić information content (AvgIpc) is 2.42. The average molecular weight is 271 g/mol. The van der Waals surface area contributed by atoms with E-state index in [4.69, 9.17) is 0 Å². The molecule has 0 aromatic heterocycles. The van der Waals surface area contributed by atoms with Crippen LogP contribution in [0.2, 0.25) is 0 Å². The maximum atomic E-state index is 12.8. The highest BCUT2D eigenvalue weighted by Crippen LogP contribution is 2.10. The third-order valence-electron chi connectivity index (χ3n) is 3.24. The molecule has 20 heavy (non-hydrogen) atoms. The molecule has 0 bridgehead atoms. The first-order chi connectivity index (χ1) is 9.63. The van der Waals surface area contributed by atoms with Gasteiger partial charge >= 0.3 is 0 Å². The van der Waals surface area contributed by atoms with Crippen molar-refractivity contribution in [3.8, 4) is 0 Å². The minimum Gasteiger partial charge on any atom is -0.309 e. The lowest BCUT2D eigenvalue weighted by Crippen LogP contribution is -2.12. The molecule has 0 unspecified atom stereocenters. The zero-order valence-corrected chi connectivity index (χ0v) is 12.2. The molecule has 0 radical (unpaired) electrons. The molecule has 2 aromatic rings. The topological polar surface area (TPSA) is 12.0 Å². The summed E-state index contributed by atoms with van der Waals surface area (Å²) in [5.74, 6) is 0.506. The first-order valence-electron chi connectivity index (χ1n) is 7.16. The predicted octanol–water partition coefficient (Wildman–Crippen LogP) is 4.31. The SMILES string of the molecule is CC(C)Cc1ccc(CNCc2ccc(F)cc2)cc1. The van der Waals surface area contributed by atoms with Gasteiger partial charge < -0.3 is 5.32 Å². The Morgan fingerprint density at radius 3 is 1.75 bits per heavy atom. The Kier molecular flexibility index (Phi) is 5.31. The molecule has 106 valence electrons. The molecule has 0 aliphatic carbocycles. The van der Waals surface area contributed by atoms with Crippen molar-refractivity contribution in [2.45, 2.75) is 33.4 Å². The van der Waals surface area contributed by atoms with Crippen LogP contribution in [0.1, 0.15) is 30.5 Å². The van der Waals surface area contributed by atoms with E-state index in [1.54, 1.807) is 0 Å². The second-order valence-electron chi connectivity index (χ2n) is 5.64. The highest BCUT2D eigenvalue weighted by Gasteiger charge is 1.99. The lowest BCUT2D eigenvalue weighted by Gasteiger charge is -2.08. The van der Waals surface area contributed by atoms with Crippen molar-refractivity contribution in [3.63, 3.8) is 0 Å². The molecule has 2 heteroatoms. The summed E-state index contributed by atoms with van der Waals surface area (Å²) in [7, 11) is 0. The summed E-state index contributed by atoms with van der Waals surface area (Å²) >= 11 is 0. The Morgan fingerprint density at radius 1 is 0.800 bits per heavy atom. The van der Waals surface area contributed by atoms with Crippen LogP contribution in [0.3, 0.4) is 0 Å². The van der Waals surface area contributed by atoms with Gasteiger partial charge in [-0.25, -0.2) is 4.39 Å². The molecule has 0 heterocycles. The maximum absolute atomic E-state index is 12.8. The molecule has 0 aliphatic heterocycles. The van der Waals surface area contributed by atoms with Crippen LogP contribution >= 0.6 is 0 Å². The van der Waals surface area contributed by atoms with Gasteiger partial charge in [0.25, 0.3) is 0 Å². The van der Waals surface area contributed by atoms with E-state index >= 15 is 0 Å². The number of nitrogens with one attached hydrogen (secondary N) is 1. The van der Waals surface area contributed by atoms with Crippen molar-refractivity contribution in [1.29, 1.82) is 0 Å². The van der Waals surface area contributed by atoms with Crippen molar-refractivity contribution < 1.29 is 4.39 Å². The summed E-state index contributed by atoms with van der Waals surface area (Å²) < 4.78 is 12.8. The predicted molar refractivity (Wildman–Crippen MR) is 81.9 cm³/mol. The third kappa shape index (κ3) is 4.78. The molecule has 1 nitrogen and oxygen atoms in total. The van der Waals surface area contributed by atoms with E-state index in [2.05, 4.69) is 43.4 Å². The van der Waals surface area contributed by atoms with Gasteiger partial charge in [-0.05, 0) is 41.2 Å². The molecule has 0 aliphatic rings. The van der Waals surface area contributed by atoms with Crippen LogP contribution in [0.25, 0.3) is 0 Å². The van der Waals surface area contributed by atoms with Crippen molar-refractivity contribution in [3.05, 3.63) is 71.0 Å². The van der Waals surface area contributed by atoms with E-state index < -0.39 is 0 Å². The van der Waals surface area contributed by atoms with Gasteiger partial charge in [0.2, 0.25) is 0 Å². The number of rotatable bonds is 6. The quantitative estimate of drug-likeness (QED) is 0.825. The lowest BCUT2D eigenvalue weighted by atomic mass is 10.0. The summed E-state index contributed by atoms with van der Waals surface area (Å²) in [5.41, 5.74) is 3.77. The van der Waals surface area contributed by atoms with E-state index in [1.165, 1.54) is 23.3 Å². The molecule has 0 saturated carbocycles. The van der Waals surface area contributed by atoms with Gasteiger partial charge in [-0.2, -0.15) is 0 Å². The van der Waals surface area contributed by atoms with Gasteiger partial charge in [-0.1, -0.05) is 50.2 Å². The summed E-state index contributed by atoms with van der Waals surface area (Å²) in [6.07, 6.45) is 1.13. The van der Waals surface area contributed by atoms with Crippen LogP contribution in [0.4, 0.5) is 4.39 Å². The summed E-state index contributed by atoms with van der Waals surface area (Å²) in [6.45, 7) is 6.06. The maximum Gasteiger partial charge on any atom is 0.123 e. The van der Waals surface area contributed by atoms with Crippen molar-refractivity contribution in [2.75, 3.05) is 0 Å². The van der Waals surface area contributed by atoms with Gasteiger partial charge in [-0.3, -0.25) is 0 Å². The largest absolute Gasteiger partial charge is 0.309 e. The number of hydrogen-bond acceptors (Lipinski definition) is 1. The first-order valence-corrected chi connectivity index (χ1v) is 7.16. The van der Waals surface area contributed by atoms with E-state index in [9.17, 15) is 4.39 Å². The summed E-state index contributed by atoms with van der Waals surface area (Å²) in [6, 6.07) is 15.4. The van der Waals surface area contributed by atoms with Crippen LogP contribution in [-0.2, 0) is 19.5 Å². The molecular formula is C18H22FN. The number of halogens is 1. The molecule has 0 spiro atoms. The smallest absolute Gasteiger partial charge is 0.123 e. The van der Waals surface area contributed by atoms with Crippen LogP contribution < -0.4 is 5.32 Å². The molecule has 2 rings (SSSR count). The summed E-state index contributed by atoms with van der Waals surface area (Å²) in [5, 5.41) is 3.38. The van der Waals surface area contributed by atoms with Gasteiger partial charge in [0.15, 0.2) is 0 Å². The van der Waals surface area contributed by atoms with Crippen molar-refractivity contribution >= 4 is 0 Å². The number of benzene rings is 2. The molecule has 1 N–H and O–H groups in total. The Balaban J connectivity index is 1.80. The van der Waals surface area contributed by atoms with E-state index in [0.717, 1.165) is 25.1 Å². The van der Waals surface area contributed by atoms with E-state index in [-0.39, 0.29) is 5.82 Å². The number of hydrogen-bond donors (Lipinski definition) is 1. The Hall–Kier alpha value is -1.67. The lowest BCUT2D eigenvalue weighted by molar-refractivity contribution is 0.625. The third-order valence-corrected chi connectivity index (χ3v) is 3.24. The molecule has 0 fully saturated rings. The fourth-order valence-electron chi connectivity index (χ4n) is 2.22. The highest BCUT2D eigenvalue weighted by atomic mass is 19.1. The molecule has 0 saturated heterocycles. The monoisotopic (exact) mass is 271 g/mol. The van der Waals surface area contributed by atoms with E-state index in [1.807, 2.05) is 12.1 Å². The normalized spacial score (nSPS) is 11.0. The van der Waals surface area contributed by atoms with Crippen LogP contribution in [0.15, 0.2) is 48.5 Å². The fourth-order valence-corrected chi connectivity index (χ4v) is 2.22. The second-order valence-corrected chi connectivity index (χ2v) is 5.64. The Bertz CT molecular complexity index is 514. The summed E-state index contributed by atoms with van der Waals surface area (Å²) in [4.78, 5) is 0. The minimum atomic E-state index is -0.186. The van der Waals surface area contributed by atoms with Crippen molar-refractivity contribution in [1.82, 2.24) is 5.32 Å². The Labute approximate surface area is 120 Å². The van der Waals surface area contributed by atoms with Crippen LogP contribution in [-0.4, -0.2) is 0 Å². The van der Waals surface area contributed by atoms with Crippen LogP contribution in [0, 0.1) is 11.7 Å². The molecule has 2 aromatic carbocycles. The first kappa shape index (κ1) is 14.7. The molecule has 0 amide bonds. The van der Waals surface area contributed by atoms with Gasteiger partial charge in [0.05, 0.1) is 0 Å².